The third-order valence-electron chi connectivity index (χ3n) is 4.83. The van der Waals surface area contributed by atoms with Crippen LogP contribution in [-0.2, 0) is 0 Å². The normalized spacial score (nSPS) is 24.4. The van der Waals surface area contributed by atoms with Gasteiger partial charge in [0.2, 0.25) is 0 Å². The number of piperidine rings is 2. The van der Waals surface area contributed by atoms with Crippen molar-refractivity contribution in [1.82, 2.24) is 15.1 Å². The number of urea groups is 1. The number of carbonyl (C=O) groups is 1. The minimum Gasteiger partial charge on any atom is -0.468 e. The van der Waals surface area contributed by atoms with E-state index in [1.165, 1.54) is 19.3 Å². The number of rotatable bonds is 4. The van der Waals surface area contributed by atoms with Crippen molar-refractivity contribution in [2.24, 2.45) is 0 Å². The first-order chi connectivity index (χ1) is 11.2. The monoisotopic (exact) mass is 321 g/mol. The Bertz CT molecular complexity index is 485. The number of β-amino-alcohol motifs (C(OH)–C–C–N with tert-alkyl or cyclic N) is 1. The van der Waals surface area contributed by atoms with Gasteiger partial charge in [0.25, 0.3) is 0 Å². The summed E-state index contributed by atoms with van der Waals surface area (Å²) in [7, 11) is 0. The summed E-state index contributed by atoms with van der Waals surface area (Å²) < 4.78 is 5.60. The van der Waals surface area contributed by atoms with E-state index in [1.807, 2.05) is 12.1 Å². The molecule has 0 spiro atoms. The highest BCUT2D eigenvalue weighted by Crippen LogP contribution is 2.24. The summed E-state index contributed by atoms with van der Waals surface area (Å²) in [5.74, 6) is 0.908. The first kappa shape index (κ1) is 16.3. The van der Waals surface area contributed by atoms with Crippen LogP contribution >= 0.6 is 0 Å². The standard InChI is InChI=1S/C17H27N3O3/c21-14-6-4-10-20(13-14)17(22)18-12-15(16-7-5-11-23-16)19-8-2-1-3-9-19/h5,7,11,14-15,21H,1-4,6,8-10,12-13H2,(H,18,22). The maximum Gasteiger partial charge on any atom is 0.317 e. The van der Waals surface area contributed by atoms with Gasteiger partial charge in [0, 0.05) is 19.6 Å². The highest BCUT2D eigenvalue weighted by atomic mass is 16.3. The maximum absolute atomic E-state index is 12.4. The van der Waals surface area contributed by atoms with E-state index >= 15 is 0 Å². The first-order valence-electron chi connectivity index (χ1n) is 8.72. The van der Waals surface area contributed by atoms with Crippen molar-refractivity contribution in [2.75, 3.05) is 32.7 Å². The van der Waals surface area contributed by atoms with Crippen LogP contribution in [0.5, 0.6) is 0 Å². The predicted molar refractivity (Wildman–Crippen MR) is 87.1 cm³/mol. The Morgan fingerprint density at radius 3 is 2.83 bits per heavy atom. The molecule has 6 heteroatoms. The van der Waals surface area contributed by atoms with E-state index < -0.39 is 6.10 Å². The zero-order chi connectivity index (χ0) is 16.1. The summed E-state index contributed by atoms with van der Waals surface area (Å²) in [6.45, 7) is 3.78. The topological polar surface area (TPSA) is 69.0 Å². The maximum atomic E-state index is 12.4. The molecular formula is C17H27N3O3. The van der Waals surface area contributed by atoms with Crippen LogP contribution in [0.25, 0.3) is 0 Å². The van der Waals surface area contributed by atoms with Crippen LogP contribution in [0.4, 0.5) is 4.79 Å². The molecule has 2 aliphatic heterocycles. The van der Waals surface area contributed by atoms with Gasteiger partial charge in [-0.3, -0.25) is 4.90 Å². The van der Waals surface area contributed by atoms with Crippen molar-refractivity contribution in [1.29, 1.82) is 0 Å². The van der Waals surface area contributed by atoms with E-state index in [0.717, 1.165) is 38.2 Å². The lowest BCUT2D eigenvalue weighted by molar-refractivity contribution is 0.0822. The number of amides is 2. The summed E-state index contributed by atoms with van der Waals surface area (Å²) in [6, 6.07) is 3.88. The third kappa shape index (κ3) is 4.26. The summed E-state index contributed by atoms with van der Waals surface area (Å²) in [5.41, 5.74) is 0. The second-order valence-corrected chi connectivity index (χ2v) is 6.56. The zero-order valence-corrected chi connectivity index (χ0v) is 13.6. The summed E-state index contributed by atoms with van der Waals surface area (Å²) >= 11 is 0. The van der Waals surface area contributed by atoms with Gasteiger partial charge in [-0.2, -0.15) is 0 Å². The van der Waals surface area contributed by atoms with Gasteiger partial charge >= 0.3 is 6.03 Å². The van der Waals surface area contributed by atoms with E-state index in [1.54, 1.807) is 11.2 Å². The van der Waals surface area contributed by atoms with E-state index in [2.05, 4.69) is 10.2 Å². The average molecular weight is 321 g/mol. The first-order valence-corrected chi connectivity index (χ1v) is 8.72. The number of aliphatic hydroxyl groups excluding tert-OH is 1. The van der Waals surface area contributed by atoms with Crippen LogP contribution in [-0.4, -0.2) is 59.8 Å². The number of aliphatic hydroxyl groups is 1. The number of hydrogen-bond acceptors (Lipinski definition) is 4. The second-order valence-electron chi connectivity index (χ2n) is 6.56. The van der Waals surface area contributed by atoms with Gasteiger partial charge < -0.3 is 19.7 Å². The summed E-state index contributed by atoms with van der Waals surface area (Å²) in [5, 5.41) is 12.7. The fourth-order valence-electron chi connectivity index (χ4n) is 3.56. The van der Waals surface area contributed by atoms with Crippen molar-refractivity contribution in [3.8, 4) is 0 Å². The number of hydrogen-bond donors (Lipinski definition) is 2. The van der Waals surface area contributed by atoms with Crippen molar-refractivity contribution in [3.63, 3.8) is 0 Å². The molecule has 2 saturated heterocycles. The molecule has 2 amide bonds. The van der Waals surface area contributed by atoms with Crippen molar-refractivity contribution >= 4 is 6.03 Å². The van der Waals surface area contributed by atoms with Crippen molar-refractivity contribution in [2.45, 2.75) is 44.2 Å². The molecule has 128 valence electrons. The van der Waals surface area contributed by atoms with Crippen molar-refractivity contribution in [3.05, 3.63) is 24.2 Å². The lowest BCUT2D eigenvalue weighted by atomic mass is 10.1. The minimum absolute atomic E-state index is 0.0858. The van der Waals surface area contributed by atoms with Gasteiger partial charge in [0.15, 0.2) is 0 Å². The molecule has 23 heavy (non-hydrogen) atoms. The molecule has 0 saturated carbocycles. The van der Waals surface area contributed by atoms with Gasteiger partial charge in [-0.15, -0.1) is 0 Å². The fraction of sp³-hybridized carbons (Fsp3) is 0.706. The number of nitrogens with one attached hydrogen (secondary N) is 1. The summed E-state index contributed by atoms with van der Waals surface area (Å²) in [4.78, 5) is 16.5. The number of carbonyl (C=O) groups excluding carboxylic acids is 1. The van der Waals surface area contributed by atoms with Gasteiger partial charge in [-0.25, -0.2) is 4.79 Å². The van der Waals surface area contributed by atoms with E-state index in [0.29, 0.717) is 13.1 Å². The molecule has 3 rings (SSSR count). The van der Waals surface area contributed by atoms with E-state index in [-0.39, 0.29) is 12.1 Å². The lowest BCUT2D eigenvalue weighted by Gasteiger charge is -2.35. The van der Waals surface area contributed by atoms with Crippen LogP contribution in [0.2, 0.25) is 0 Å². The fourth-order valence-corrected chi connectivity index (χ4v) is 3.56. The Labute approximate surface area is 137 Å². The van der Waals surface area contributed by atoms with Gasteiger partial charge in [-0.1, -0.05) is 6.42 Å². The second kappa shape index (κ2) is 7.84. The molecule has 1 aromatic rings. The van der Waals surface area contributed by atoms with E-state index in [4.69, 9.17) is 4.42 Å². The SMILES string of the molecule is O=C(NCC(c1ccco1)N1CCCCC1)N1CCCC(O)C1. The molecule has 0 bridgehead atoms. The Morgan fingerprint density at radius 2 is 2.13 bits per heavy atom. The average Bonchev–Trinajstić information content (AvgIpc) is 3.10. The molecule has 2 aliphatic rings. The highest BCUT2D eigenvalue weighted by molar-refractivity contribution is 5.74. The molecule has 2 atom stereocenters. The minimum atomic E-state index is -0.391. The zero-order valence-electron chi connectivity index (χ0n) is 13.6. The number of likely N-dealkylation sites (tertiary alicyclic amines) is 2. The van der Waals surface area contributed by atoms with E-state index in [9.17, 15) is 9.90 Å². The predicted octanol–water partition coefficient (Wildman–Crippen LogP) is 1.97. The molecule has 0 radical (unpaired) electrons. The molecule has 6 nitrogen and oxygen atoms in total. The lowest BCUT2D eigenvalue weighted by Crippen LogP contribution is -2.49. The van der Waals surface area contributed by atoms with Crippen LogP contribution in [0, 0.1) is 0 Å². The summed E-state index contributed by atoms with van der Waals surface area (Å²) in [6.07, 6.45) is 6.62. The number of furan rings is 1. The Morgan fingerprint density at radius 1 is 1.30 bits per heavy atom. The van der Waals surface area contributed by atoms with Crippen LogP contribution in [0.15, 0.2) is 22.8 Å². The van der Waals surface area contributed by atoms with Crippen LogP contribution in [0.1, 0.15) is 43.9 Å². The quantitative estimate of drug-likeness (QED) is 0.890. The van der Waals surface area contributed by atoms with Crippen molar-refractivity contribution < 1.29 is 14.3 Å². The third-order valence-corrected chi connectivity index (χ3v) is 4.83. The molecule has 2 unspecified atom stereocenters. The van der Waals surface area contributed by atoms with Crippen LogP contribution < -0.4 is 5.32 Å². The number of nitrogens with zero attached hydrogens (tertiary/aromatic N) is 2. The van der Waals surface area contributed by atoms with Gasteiger partial charge in [-0.05, 0) is 50.9 Å². The molecule has 2 fully saturated rings. The Hall–Kier alpha value is -1.53. The highest BCUT2D eigenvalue weighted by Gasteiger charge is 2.27. The largest absolute Gasteiger partial charge is 0.468 e. The molecule has 2 N–H and O–H groups in total. The molecule has 3 heterocycles. The van der Waals surface area contributed by atoms with Gasteiger partial charge in [0.1, 0.15) is 5.76 Å². The van der Waals surface area contributed by atoms with Crippen LogP contribution in [0.3, 0.4) is 0 Å². The Kier molecular flexibility index (Phi) is 5.56. The molecule has 0 aliphatic carbocycles. The smallest absolute Gasteiger partial charge is 0.317 e. The Balaban J connectivity index is 1.58. The molecule has 1 aromatic heterocycles. The molecule has 0 aromatic carbocycles. The molecular weight excluding hydrogens is 294 g/mol. The van der Waals surface area contributed by atoms with Gasteiger partial charge in [0.05, 0.1) is 18.4 Å².